The number of rotatable bonds is 11. The molecule has 0 amide bonds. The van der Waals surface area contributed by atoms with Gasteiger partial charge in [-0.05, 0) is 35.4 Å². The zero-order chi connectivity index (χ0) is 26.4. The highest BCUT2D eigenvalue weighted by atomic mass is 35.5. The molecule has 2 aromatic carbocycles. The number of carbonyl (C=O) groups is 1. The minimum atomic E-state index is -1.24. The monoisotopic (exact) mass is 539 g/mol. The number of aromatic nitrogens is 6. The molecule has 0 bridgehead atoms. The number of aromatic amines is 1. The number of tetrazole rings is 1. The van der Waals surface area contributed by atoms with Crippen LogP contribution in [0.25, 0.3) is 22.5 Å². The SMILES string of the molecule is CCCCc1nc(Cl)c([C@](CS)(NC)C(=O)OC)n1Cc1ccc(-c2ccccc2-c2nn[nH]n2)cc1. The lowest BCUT2D eigenvalue weighted by atomic mass is 9.97. The van der Waals surface area contributed by atoms with Gasteiger partial charge in [0.25, 0.3) is 0 Å². The standard InChI is InChI=1S/C26H30ClN7O2S/c1-4-5-10-21-29-23(27)22(26(16-37,28-2)25(35)36-3)34(21)15-17-11-13-18(14-12-17)19-8-6-7-9-20(19)24-30-32-33-31-24/h6-9,11-14,28,37H,4-5,10,15-16H2,1-3H3,(H,30,31,32,33)/t26-/m0/s1. The molecule has 0 aliphatic rings. The fourth-order valence-electron chi connectivity index (χ4n) is 4.46. The smallest absolute Gasteiger partial charge is 0.333 e. The molecular weight excluding hydrogens is 510 g/mol. The van der Waals surface area contributed by atoms with E-state index in [0.717, 1.165) is 47.3 Å². The van der Waals surface area contributed by atoms with Gasteiger partial charge < -0.3 is 9.30 Å². The van der Waals surface area contributed by atoms with Gasteiger partial charge in [0.2, 0.25) is 5.82 Å². The number of aryl methyl sites for hydroxylation is 1. The summed E-state index contributed by atoms with van der Waals surface area (Å²) >= 11 is 11.2. The second kappa shape index (κ2) is 11.9. The number of ether oxygens (including phenoxy) is 1. The Kier molecular flexibility index (Phi) is 8.63. The van der Waals surface area contributed by atoms with Gasteiger partial charge in [0.1, 0.15) is 5.82 Å². The quantitative estimate of drug-likeness (QED) is 0.192. The lowest BCUT2D eigenvalue weighted by molar-refractivity contribution is -0.148. The topological polar surface area (TPSA) is 111 Å². The Balaban J connectivity index is 1.74. The molecule has 2 heterocycles. The van der Waals surface area contributed by atoms with Gasteiger partial charge in [0.05, 0.1) is 12.8 Å². The van der Waals surface area contributed by atoms with Crippen LogP contribution in [0.2, 0.25) is 5.15 Å². The van der Waals surface area contributed by atoms with Crippen LogP contribution < -0.4 is 5.32 Å². The van der Waals surface area contributed by atoms with E-state index < -0.39 is 11.5 Å². The Morgan fingerprint density at radius 2 is 1.92 bits per heavy atom. The second-order valence-corrected chi connectivity index (χ2v) is 9.31. The Bertz CT molecular complexity index is 1340. The molecule has 4 rings (SSSR count). The molecule has 0 saturated carbocycles. The van der Waals surface area contributed by atoms with Gasteiger partial charge in [-0.2, -0.15) is 17.8 Å². The van der Waals surface area contributed by atoms with Crippen molar-refractivity contribution in [2.24, 2.45) is 0 Å². The van der Waals surface area contributed by atoms with Gasteiger partial charge in [0.15, 0.2) is 10.7 Å². The van der Waals surface area contributed by atoms with Gasteiger partial charge in [-0.1, -0.05) is 73.5 Å². The number of thiol groups is 1. The van der Waals surface area contributed by atoms with Crippen molar-refractivity contribution >= 4 is 30.2 Å². The van der Waals surface area contributed by atoms with Crippen molar-refractivity contribution in [3.63, 3.8) is 0 Å². The molecule has 37 heavy (non-hydrogen) atoms. The van der Waals surface area contributed by atoms with Crippen molar-refractivity contribution in [1.29, 1.82) is 0 Å². The maximum atomic E-state index is 13.0. The van der Waals surface area contributed by atoms with Crippen molar-refractivity contribution in [3.8, 4) is 22.5 Å². The van der Waals surface area contributed by atoms with Crippen LogP contribution in [0.1, 0.15) is 36.8 Å². The fourth-order valence-corrected chi connectivity index (χ4v) is 5.26. The first-order valence-electron chi connectivity index (χ1n) is 12.0. The molecule has 194 valence electrons. The Morgan fingerprint density at radius 1 is 1.19 bits per heavy atom. The first kappa shape index (κ1) is 26.8. The maximum Gasteiger partial charge on any atom is 0.333 e. The summed E-state index contributed by atoms with van der Waals surface area (Å²) in [7, 11) is 3.05. The molecular formula is C26H30ClN7O2S. The first-order chi connectivity index (χ1) is 18.0. The van der Waals surface area contributed by atoms with Crippen molar-refractivity contribution in [1.82, 2.24) is 35.5 Å². The number of hydrogen-bond donors (Lipinski definition) is 3. The van der Waals surface area contributed by atoms with E-state index in [1.807, 2.05) is 28.8 Å². The highest BCUT2D eigenvalue weighted by molar-refractivity contribution is 7.80. The van der Waals surface area contributed by atoms with Crippen LogP contribution in [0.15, 0.2) is 48.5 Å². The van der Waals surface area contributed by atoms with Crippen LogP contribution in [-0.4, -0.2) is 56.1 Å². The number of halogens is 1. The summed E-state index contributed by atoms with van der Waals surface area (Å²) in [5, 5.41) is 17.8. The van der Waals surface area contributed by atoms with E-state index in [9.17, 15) is 4.79 Å². The van der Waals surface area contributed by atoms with Crippen LogP contribution in [0.3, 0.4) is 0 Å². The number of esters is 1. The third-order valence-corrected chi connectivity index (χ3v) is 7.22. The van der Waals surface area contributed by atoms with E-state index >= 15 is 0 Å². The molecule has 1 atom stereocenters. The van der Waals surface area contributed by atoms with Crippen LogP contribution in [-0.2, 0) is 28.0 Å². The van der Waals surface area contributed by atoms with E-state index in [2.05, 4.69) is 74.7 Å². The van der Waals surface area contributed by atoms with Gasteiger partial charge in [0, 0.05) is 24.3 Å². The number of unbranched alkanes of at least 4 members (excludes halogenated alkanes) is 1. The zero-order valence-electron chi connectivity index (χ0n) is 21.0. The Morgan fingerprint density at radius 3 is 2.51 bits per heavy atom. The lowest BCUT2D eigenvalue weighted by Crippen LogP contribution is -2.51. The molecule has 11 heteroatoms. The number of likely N-dealkylation sites (N-methyl/N-ethyl adjacent to an activating group) is 1. The number of benzene rings is 2. The molecule has 0 saturated heterocycles. The highest BCUT2D eigenvalue weighted by Gasteiger charge is 2.44. The van der Waals surface area contributed by atoms with E-state index in [-0.39, 0.29) is 10.9 Å². The minimum absolute atomic E-state index is 0.153. The molecule has 0 aliphatic heterocycles. The summed E-state index contributed by atoms with van der Waals surface area (Å²) < 4.78 is 7.16. The fraction of sp³-hybridized carbons (Fsp3) is 0.346. The van der Waals surface area contributed by atoms with Gasteiger partial charge in [-0.15, -0.1) is 10.2 Å². The molecule has 0 unspecified atom stereocenters. The number of methoxy groups -OCH3 is 1. The van der Waals surface area contributed by atoms with E-state index in [4.69, 9.17) is 16.3 Å². The molecule has 0 radical (unpaired) electrons. The predicted octanol–water partition coefficient (Wildman–Crippen LogP) is 4.29. The number of H-pyrrole nitrogens is 1. The third-order valence-electron chi connectivity index (χ3n) is 6.48. The molecule has 0 fully saturated rings. The van der Waals surface area contributed by atoms with Crippen molar-refractivity contribution < 1.29 is 9.53 Å². The summed E-state index contributed by atoms with van der Waals surface area (Å²) in [4.78, 5) is 17.6. The number of carbonyl (C=O) groups excluding carboxylic acids is 1. The number of nitrogens with one attached hydrogen (secondary N) is 2. The van der Waals surface area contributed by atoms with Gasteiger partial charge in [-0.25, -0.2) is 9.78 Å². The Labute approximate surface area is 226 Å². The molecule has 0 aliphatic carbocycles. The van der Waals surface area contributed by atoms with Gasteiger partial charge in [-0.3, -0.25) is 5.32 Å². The second-order valence-electron chi connectivity index (χ2n) is 8.64. The Hall–Kier alpha value is -3.21. The summed E-state index contributed by atoms with van der Waals surface area (Å²) in [6.07, 6.45) is 2.69. The van der Waals surface area contributed by atoms with E-state index in [0.29, 0.717) is 18.1 Å². The largest absolute Gasteiger partial charge is 0.467 e. The maximum absolute atomic E-state index is 13.0. The number of nitrogens with zero attached hydrogens (tertiary/aromatic N) is 5. The highest BCUT2D eigenvalue weighted by Crippen LogP contribution is 2.34. The minimum Gasteiger partial charge on any atom is -0.467 e. The van der Waals surface area contributed by atoms with E-state index in [1.165, 1.54) is 7.11 Å². The molecule has 2 aromatic heterocycles. The lowest BCUT2D eigenvalue weighted by Gasteiger charge is -2.30. The van der Waals surface area contributed by atoms with Crippen molar-refractivity contribution in [2.75, 3.05) is 19.9 Å². The van der Waals surface area contributed by atoms with Crippen LogP contribution >= 0.6 is 24.2 Å². The predicted molar refractivity (Wildman–Crippen MR) is 147 cm³/mol. The summed E-state index contributed by atoms with van der Waals surface area (Å²) in [6.45, 7) is 2.61. The number of hydrogen-bond acceptors (Lipinski definition) is 8. The third kappa shape index (κ3) is 5.27. The molecule has 9 nitrogen and oxygen atoms in total. The zero-order valence-corrected chi connectivity index (χ0v) is 22.7. The average molecular weight is 540 g/mol. The van der Waals surface area contributed by atoms with Gasteiger partial charge >= 0.3 is 5.97 Å². The normalized spacial score (nSPS) is 12.9. The van der Waals surface area contributed by atoms with Crippen LogP contribution in [0, 0.1) is 0 Å². The summed E-state index contributed by atoms with van der Waals surface area (Å²) in [5.74, 6) is 1.04. The summed E-state index contributed by atoms with van der Waals surface area (Å²) in [5.41, 5.74) is 3.25. The molecule has 0 spiro atoms. The van der Waals surface area contributed by atoms with Crippen LogP contribution in [0.5, 0.6) is 0 Å². The van der Waals surface area contributed by atoms with Crippen molar-refractivity contribution in [3.05, 3.63) is 70.8 Å². The van der Waals surface area contributed by atoms with Crippen molar-refractivity contribution in [2.45, 2.75) is 38.3 Å². The first-order valence-corrected chi connectivity index (χ1v) is 13.1. The summed E-state index contributed by atoms with van der Waals surface area (Å²) in [6, 6.07) is 16.2. The van der Waals surface area contributed by atoms with E-state index in [1.54, 1.807) is 7.05 Å². The average Bonchev–Trinajstić information content (AvgIpc) is 3.58. The molecule has 2 N–H and O–H groups in total. The number of imidazole rings is 1. The van der Waals surface area contributed by atoms with Crippen LogP contribution in [0.4, 0.5) is 0 Å². The molecule has 4 aromatic rings.